The summed E-state index contributed by atoms with van der Waals surface area (Å²) in [6, 6.07) is 39.6. The van der Waals surface area contributed by atoms with Gasteiger partial charge in [-0.2, -0.15) is 42.1 Å². The SMILES string of the molecule is N#CC(C#N)=CC(=C(C#N)C#N)c1ccc(NC(=O)Nc2ccc(Cc3ccc(NC(=O)Nc4ccc(C(C=C(C#N)C#N)=C(C#N)C#N)cc4)cc3)cc2)cc1. The monoisotopic (exact) mass is 740 g/mol. The van der Waals surface area contributed by atoms with Crippen molar-refractivity contribution < 1.29 is 9.59 Å². The zero-order valence-electron chi connectivity index (χ0n) is 29.5. The van der Waals surface area contributed by atoms with Crippen LogP contribution in [-0.2, 0) is 6.42 Å². The number of hydrogen-bond donors (Lipinski definition) is 4. The molecule has 4 amide bonds. The molecule has 4 aromatic carbocycles. The Morgan fingerprint density at radius 1 is 0.404 bits per heavy atom. The van der Waals surface area contributed by atoms with Crippen LogP contribution in [0.4, 0.5) is 32.3 Å². The molecule has 0 fully saturated rings. The molecule has 0 aliphatic heterocycles. The topological polar surface area (TPSA) is 273 Å². The Hall–Kier alpha value is -9.70. The molecule has 0 saturated heterocycles. The van der Waals surface area contributed by atoms with Gasteiger partial charge in [0.25, 0.3) is 0 Å². The van der Waals surface area contributed by atoms with E-state index in [1.807, 2.05) is 24.3 Å². The molecule has 0 atom stereocenters. The number of nitrogens with one attached hydrogen (secondary N) is 4. The molecule has 4 N–H and O–H groups in total. The number of benzene rings is 4. The fourth-order valence-corrected chi connectivity index (χ4v) is 5.06. The minimum absolute atomic E-state index is 0.107. The quantitative estimate of drug-likeness (QED) is 0.0895. The van der Waals surface area contributed by atoms with Crippen LogP contribution >= 0.6 is 0 Å². The number of carbonyl (C=O) groups is 2. The number of anilines is 4. The summed E-state index contributed by atoms with van der Waals surface area (Å²) in [7, 11) is 0. The minimum Gasteiger partial charge on any atom is -0.308 e. The van der Waals surface area contributed by atoms with Crippen molar-refractivity contribution in [2.75, 3.05) is 21.3 Å². The molecule has 57 heavy (non-hydrogen) atoms. The van der Waals surface area contributed by atoms with E-state index in [-0.39, 0.29) is 33.4 Å². The molecule has 0 heterocycles. The number of urea groups is 2. The Kier molecular flexibility index (Phi) is 13.9. The third-order valence-electron chi connectivity index (χ3n) is 7.78. The van der Waals surface area contributed by atoms with Gasteiger partial charge in [-0.25, -0.2) is 9.59 Å². The van der Waals surface area contributed by atoms with Crippen LogP contribution in [0.3, 0.4) is 0 Å². The molecule has 0 saturated carbocycles. The average molecular weight is 741 g/mol. The number of nitrogens with zero attached hydrogens (tertiary/aromatic N) is 8. The van der Waals surface area contributed by atoms with Gasteiger partial charge < -0.3 is 21.3 Å². The van der Waals surface area contributed by atoms with Crippen LogP contribution in [-0.4, -0.2) is 12.1 Å². The fraction of sp³-hybridized carbons (Fsp3) is 0.0233. The molecule has 0 unspecified atom stereocenters. The zero-order chi connectivity index (χ0) is 41.2. The zero-order valence-corrected chi connectivity index (χ0v) is 29.5. The second-order valence-electron chi connectivity index (χ2n) is 11.5. The Labute approximate surface area is 326 Å². The van der Waals surface area contributed by atoms with Gasteiger partial charge in [0.05, 0.1) is 0 Å². The van der Waals surface area contributed by atoms with Crippen molar-refractivity contribution in [2.24, 2.45) is 0 Å². The Bertz CT molecular complexity index is 2430. The highest BCUT2D eigenvalue weighted by Crippen LogP contribution is 2.25. The number of nitriles is 8. The number of rotatable bonds is 10. The molecule has 14 nitrogen and oxygen atoms in total. The summed E-state index contributed by atoms with van der Waals surface area (Å²) < 4.78 is 0. The summed E-state index contributed by atoms with van der Waals surface area (Å²) in [5.41, 5.74) is 3.72. The Balaban J connectivity index is 1.31. The summed E-state index contributed by atoms with van der Waals surface area (Å²) in [5, 5.41) is 84.6. The first-order chi connectivity index (χ1) is 27.7. The molecule has 0 aromatic heterocycles. The Morgan fingerprint density at radius 3 is 0.912 bits per heavy atom. The number of amides is 4. The molecule has 0 spiro atoms. The second-order valence-corrected chi connectivity index (χ2v) is 11.5. The van der Waals surface area contributed by atoms with Crippen molar-refractivity contribution in [2.45, 2.75) is 6.42 Å². The van der Waals surface area contributed by atoms with Crippen molar-refractivity contribution in [3.63, 3.8) is 0 Å². The third kappa shape index (κ3) is 11.1. The van der Waals surface area contributed by atoms with E-state index in [2.05, 4.69) is 21.3 Å². The van der Waals surface area contributed by atoms with Crippen LogP contribution in [0.2, 0.25) is 0 Å². The van der Waals surface area contributed by atoms with Gasteiger partial charge >= 0.3 is 12.1 Å². The van der Waals surface area contributed by atoms with Gasteiger partial charge in [-0.15, -0.1) is 0 Å². The highest BCUT2D eigenvalue weighted by Gasteiger charge is 2.12. The third-order valence-corrected chi connectivity index (χ3v) is 7.78. The molecule has 268 valence electrons. The van der Waals surface area contributed by atoms with E-state index >= 15 is 0 Å². The minimum atomic E-state index is -0.517. The van der Waals surface area contributed by atoms with Gasteiger partial charge in [-0.05, 0) is 89.4 Å². The summed E-state index contributed by atoms with van der Waals surface area (Å²) >= 11 is 0. The molecule has 0 aliphatic rings. The Morgan fingerprint density at radius 2 is 0.667 bits per heavy atom. The van der Waals surface area contributed by atoms with Crippen LogP contribution in [0, 0.1) is 90.6 Å². The normalized spacial score (nSPS) is 9.12. The van der Waals surface area contributed by atoms with E-state index in [0.29, 0.717) is 40.3 Å². The van der Waals surface area contributed by atoms with Gasteiger partial charge in [0, 0.05) is 33.9 Å². The maximum Gasteiger partial charge on any atom is 0.323 e. The molecule has 14 heteroatoms. The average Bonchev–Trinajstić information content (AvgIpc) is 3.23. The predicted molar refractivity (Wildman–Crippen MR) is 209 cm³/mol. The van der Waals surface area contributed by atoms with Crippen molar-refractivity contribution in [1.82, 2.24) is 0 Å². The summed E-state index contributed by atoms with van der Waals surface area (Å²) in [5.74, 6) is 0. The van der Waals surface area contributed by atoms with E-state index in [1.54, 1.807) is 121 Å². The lowest BCUT2D eigenvalue weighted by Crippen LogP contribution is -2.19. The van der Waals surface area contributed by atoms with E-state index < -0.39 is 12.1 Å². The molecular formula is C43H24N12O2. The summed E-state index contributed by atoms with van der Waals surface area (Å²) in [4.78, 5) is 25.3. The van der Waals surface area contributed by atoms with Gasteiger partial charge in [0.1, 0.15) is 70.8 Å². The van der Waals surface area contributed by atoms with E-state index in [0.717, 1.165) is 23.3 Å². The smallest absolute Gasteiger partial charge is 0.308 e. The molecule has 4 aromatic rings. The van der Waals surface area contributed by atoms with Crippen LogP contribution in [0.1, 0.15) is 22.3 Å². The molecule has 0 bridgehead atoms. The van der Waals surface area contributed by atoms with Gasteiger partial charge in [0.15, 0.2) is 0 Å². The number of carbonyl (C=O) groups excluding carboxylic acids is 2. The standard InChI is InChI=1S/C43H24N12O2/c44-20-30(21-45)18-40(34(24-48)25-49)32-5-13-38(14-6-32)54-42(56)52-36-9-1-28(2-10-36)17-29-3-11-37(12-4-29)53-43(57)55-39-15-7-33(8-16-39)41(35(26-50)27-51)19-31(22-46)23-47/h1-16,18-19H,17H2,(H2,52,54,56)(H2,53,55,57). The van der Waals surface area contributed by atoms with Crippen LogP contribution < -0.4 is 21.3 Å². The van der Waals surface area contributed by atoms with E-state index in [4.69, 9.17) is 21.0 Å². The maximum atomic E-state index is 12.7. The first-order valence-electron chi connectivity index (χ1n) is 16.3. The van der Waals surface area contributed by atoms with Crippen LogP contribution in [0.15, 0.2) is 132 Å². The molecular weight excluding hydrogens is 717 g/mol. The van der Waals surface area contributed by atoms with Crippen LogP contribution in [0.25, 0.3) is 11.1 Å². The van der Waals surface area contributed by atoms with Crippen LogP contribution in [0.5, 0.6) is 0 Å². The van der Waals surface area contributed by atoms with Gasteiger partial charge in [-0.1, -0.05) is 48.5 Å². The summed E-state index contributed by atoms with van der Waals surface area (Å²) in [6.45, 7) is 0. The highest BCUT2D eigenvalue weighted by molar-refractivity contribution is 6.00. The predicted octanol–water partition coefficient (Wildman–Crippen LogP) is 8.11. The fourth-order valence-electron chi connectivity index (χ4n) is 5.06. The summed E-state index contributed by atoms with van der Waals surface area (Å²) in [6.07, 6.45) is 2.90. The first-order valence-corrected chi connectivity index (χ1v) is 16.3. The van der Waals surface area contributed by atoms with Gasteiger partial charge in [-0.3, -0.25) is 0 Å². The second kappa shape index (κ2) is 19.8. The number of hydrogen-bond acceptors (Lipinski definition) is 10. The first kappa shape index (κ1) is 40.1. The van der Waals surface area contributed by atoms with Crippen molar-refractivity contribution in [3.8, 4) is 48.6 Å². The van der Waals surface area contributed by atoms with Crippen molar-refractivity contribution >= 4 is 46.0 Å². The lowest BCUT2D eigenvalue weighted by molar-refractivity contribution is 0.261. The van der Waals surface area contributed by atoms with Crippen molar-refractivity contribution in [3.05, 3.63) is 154 Å². The molecule has 4 rings (SSSR count). The van der Waals surface area contributed by atoms with Gasteiger partial charge in [0.2, 0.25) is 0 Å². The van der Waals surface area contributed by atoms with E-state index in [1.165, 1.54) is 0 Å². The lowest BCUT2D eigenvalue weighted by atomic mass is 9.98. The van der Waals surface area contributed by atoms with Crippen molar-refractivity contribution in [1.29, 1.82) is 42.1 Å². The molecule has 0 aliphatic carbocycles. The highest BCUT2D eigenvalue weighted by atomic mass is 16.2. The lowest BCUT2D eigenvalue weighted by Gasteiger charge is -2.11. The maximum absolute atomic E-state index is 12.7. The van der Waals surface area contributed by atoms with E-state index in [9.17, 15) is 30.6 Å². The number of allylic oxidation sites excluding steroid dienone is 8. The molecule has 0 radical (unpaired) electrons. The largest absolute Gasteiger partial charge is 0.323 e.